The number of likely N-dealkylation sites (tertiary alicyclic amines) is 1. The molecule has 1 saturated heterocycles. The summed E-state index contributed by atoms with van der Waals surface area (Å²) in [6, 6.07) is 9.93. The van der Waals surface area contributed by atoms with Crippen LogP contribution in [0.15, 0.2) is 35.5 Å². The quantitative estimate of drug-likeness (QED) is 0.826. The number of H-pyrrole nitrogens is 1. The van der Waals surface area contributed by atoms with Crippen molar-refractivity contribution in [3.63, 3.8) is 0 Å². The van der Waals surface area contributed by atoms with Crippen LogP contribution in [0.25, 0.3) is 0 Å². The number of rotatable bonds is 6. The van der Waals surface area contributed by atoms with Gasteiger partial charge in [-0.3, -0.25) is 9.89 Å². The van der Waals surface area contributed by atoms with Crippen LogP contribution in [-0.4, -0.2) is 39.1 Å². The van der Waals surface area contributed by atoms with E-state index in [4.69, 9.17) is 0 Å². The summed E-state index contributed by atoms with van der Waals surface area (Å²) in [5.74, 6) is 1.05. The number of hydrogen-bond acceptors (Lipinski definition) is 4. The van der Waals surface area contributed by atoms with Crippen LogP contribution in [0.1, 0.15) is 42.8 Å². The number of aromatic nitrogens is 3. The van der Waals surface area contributed by atoms with Gasteiger partial charge in [-0.05, 0) is 24.8 Å². The first kappa shape index (κ1) is 16.1. The van der Waals surface area contributed by atoms with Crippen molar-refractivity contribution in [1.29, 1.82) is 0 Å². The van der Waals surface area contributed by atoms with Gasteiger partial charge in [-0.1, -0.05) is 49.0 Å². The second-order valence-corrected chi connectivity index (χ2v) is 6.83. The van der Waals surface area contributed by atoms with Crippen LogP contribution in [0.5, 0.6) is 0 Å². The lowest BCUT2D eigenvalue weighted by Gasteiger charge is -2.22. The fourth-order valence-corrected chi connectivity index (χ4v) is 3.79. The largest absolute Gasteiger partial charge is 0.341 e. The summed E-state index contributed by atoms with van der Waals surface area (Å²) in [4.78, 5) is 19.4. The highest BCUT2D eigenvalue weighted by atomic mass is 32.2. The summed E-state index contributed by atoms with van der Waals surface area (Å²) in [5.41, 5.74) is 1.01. The van der Waals surface area contributed by atoms with Crippen LogP contribution in [-0.2, 0) is 11.2 Å². The van der Waals surface area contributed by atoms with E-state index in [2.05, 4.69) is 22.1 Å². The lowest BCUT2D eigenvalue weighted by atomic mass is 10.1. The van der Waals surface area contributed by atoms with Gasteiger partial charge in [0, 0.05) is 19.5 Å². The van der Waals surface area contributed by atoms with Gasteiger partial charge in [0.15, 0.2) is 0 Å². The van der Waals surface area contributed by atoms with E-state index in [0.29, 0.717) is 5.16 Å². The third kappa shape index (κ3) is 3.93. The highest BCUT2D eigenvalue weighted by Gasteiger charge is 2.29. The van der Waals surface area contributed by atoms with Gasteiger partial charge in [-0.15, -0.1) is 5.10 Å². The minimum Gasteiger partial charge on any atom is -0.341 e. The minimum atomic E-state index is -0.278. The Hall–Kier alpha value is -1.82. The van der Waals surface area contributed by atoms with Crippen LogP contribution in [0.3, 0.4) is 0 Å². The van der Waals surface area contributed by atoms with Crippen LogP contribution in [0.2, 0.25) is 0 Å². The molecule has 122 valence electrons. The van der Waals surface area contributed by atoms with Gasteiger partial charge in [-0.25, -0.2) is 4.98 Å². The van der Waals surface area contributed by atoms with Crippen LogP contribution >= 0.6 is 11.8 Å². The molecule has 6 heteroatoms. The molecule has 3 rings (SSSR count). The molecule has 1 atom stereocenters. The zero-order valence-corrected chi connectivity index (χ0v) is 14.2. The molecule has 0 spiro atoms. The first-order valence-electron chi connectivity index (χ1n) is 8.19. The highest BCUT2D eigenvalue weighted by molar-refractivity contribution is 8.00. The van der Waals surface area contributed by atoms with Gasteiger partial charge >= 0.3 is 0 Å². The summed E-state index contributed by atoms with van der Waals surface area (Å²) in [6.45, 7) is 3.83. The van der Waals surface area contributed by atoms with Crippen molar-refractivity contribution in [2.24, 2.45) is 0 Å². The average molecular weight is 330 g/mol. The highest BCUT2D eigenvalue weighted by Crippen LogP contribution is 2.35. The molecule has 0 saturated carbocycles. The third-order valence-corrected chi connectivity index (χ3v) is 5.07. The molecule has 2 aromatic rings. The van der Waals surface area contributed by atoms with Gasteiger partial charge in [0.05, 0.1) is 0 Å². The predicted molar refractivity (Wildman–Crippen MR) is 91.2 cm³/mol. The molecular weight excluding hydrogens is 308 g/mol. The van der Waals surface area contributed by atoms with Gasteiger partial charge in [0.25, 0.3) is 0 Å². The molecule has 1 N–H and O–H groups in total. The van der Waals surface area contributed by atoms with Crippen molar-refractivity contribution in [2.75, 3.05) is 13.1 Å². The maximum absolute atomic E-state index is 12.9. The van der Waals surface area contributed by atoms with Crippen molar-refractivity contribution in [1.82, 2.24) is 20.1 Å². The first-order valence-corrected chi connectivity index (χ1v) is 9.07. The molecule has 1 aromatic heterocycles. The smallest absolute Gasteiger partial charge is 0.240 e. The Labute approximate surface area is 140 Å². The molecule has 0 unspecified atom stereocenters. The number of aromatic amines is 1. The summed E-state index contributed by atoms with van der Waals surface area (Å²) in [7, 11) is 0. The monoisotopic (exact) mass is 330 g/mol. The lowest BCUT2D eigenvalue weighted by Crippen LogP contribution is -2.31. The fourth-order valence-electron chi connectivity index (χ4n) is 2.78. The molecule has 23 heavy (non-hydrogen) atoms. The topological polar surface area (TPSA) is 61.9 Å². The zero-order valence-electron chi connectivity index (χ0n) is 13.4. The van der Waals surface area contributed by atoms with Crippen molar-refractivity contribution < 1.29 is 4.79 Å². The number of amides is 1. The molecule has 1 aliphatic heterocycles. The Morgan fingerprint density at radius 2 is 2.04 bits per heavy atom. The van der Waals surface area contributed by atoms with E-state index in [1.165, 1.54) is 11.8 Å². The first-order chi connectivity index (χ1) is 11.3. The van der Waals surface area contributed by atoms with Crippen molar-refractivity contribution in [3.05, 3.63) is 41.7 Å². The Morgan fingerprint density at radius 1 is 1.30 bits per heavy atom. The number of aryl methyl sites for hydroxylation is 1. The number of carbonyl (C=O) groups is 1. The molecule has 0 radical (unpaired) electrons. The second-order valence-electron chi connectivity index (χ2n) is 5.76. The van der Waals surface area contributed by atoms with Gasteiger partial charge in [-0.2, -0.15) is 0 Å². The molecule has 0 aliphatic carbocycles. The van der Waals surface area contributed by atoms with E-state index in [0.717, 1.165) is 50.2 Å². The summed E-state index contributed by atoms with van der Waals surface area (Å²) >= 11 is 1.44. The Morgan fingerprint density at radius 3 is 2.74 bits per heavy atom. The molecular formula is C17H22N4OS. The molecule has 2 heterocycles. The lowest BCUT2D eigenvalue weighted by molar-refractivity contribution is -0.129. The van der Waals surface area contributed by atoms with Crippen molar-refractivity contribution in [2.45, 2.75) is 43.0 Å². The second kappa shape index (κ2) is 7.64. The van der Waals surface area contributed by atoms with E-state index in [1.54, 1.807) is 0 Å². The van der Waals surface area contributed by atoms with Crippen molar-refractivity contribution in [3.8, 4) is 0 Å². The third-order valence-electron chi connectivity index (χ3n) is 3.97. The predicted octanol–water partition coefficient (Wildman–Crippen LogP) is 3.21. The van der Waals surface area contributed by atoms with E-state index in [1.807, 2.05) is 35.2 Å². The SMILES string of the molecule is CCCc1nc(S[C@H](C(=O)N2CCCC2)c2ccccc2)n[nH]1. The van der Waals surface area contributed by atoms with Crippen LogP contribution in [0.4, 0.5) is 0 Å². The number of benzene rings is 1. The molecule has 0 bridgehead atoms. The average Bonchev–Trinajstić information content (AvgIpc) is 3.25. The van der Waals surface area contributed by atoms with E-state index in [-0.39, 0.29) is 11.2 Å². The normalized spacial score (nSPS) is 15.8. The maximum Gasteiger partial charge on any atom is 0.240 e. The van der Waals surface area contributed by atoms with E-state index >= 15 is 0 Å². The number of thioether (sulfide) groups is 1. The maximum atomic E-state index is 12.9. The molecule has 1 aliphatic rings. The minimum absolute atomic E-state index is 0.167. The van der Waals surface area contributed by atoms with Crippen molar-refractivity contribution >= 4 is 17.7 Å². The van der Waals surface area contributed by atoms with Gasteiger partial charge in [0.1, 0.15) is 11.1 Å². The fraction of sp³-hybridized carbons (Fsp3) is 0.471. The Balaban J connectivity index is 1.80. The number of hydrogen-bond donors (Lipinski definition) is 1. The van der Waals surface area contributed by atoms with Crippen LogP contribution in [0, 0.1) is 0 Å². The zero-order chi connectivity index (χ0) is 16.1. The van der Waals surface area contributed by atoms with E-state index < -0.39 is 0 Å². The molecule has 1 fully saturated rings. The molecule has 1 aromatic carbocycles. The number of nitrogens with one attached hydrogen (secondary N) is 1. The Bertz CT molecular complexity index is 637. The Kier molecular flexibility index (Phi) is 5.33. The van der Waals surface area contributed by atoms with E-state index in [9.17, 15) is 4.79 Å². The molecule has 1 amide bonds. The summed E-state index contributed by atoms with van der Waals surface area (Å²) in [6.07, 6.45) is 4.09. The standard InChI is InChI=1S/C17H22N4OS/c1-2-8-14-18-17(20-19-14)23-15(13-9-4-3-5-10-13)16(22)21-11-6-7-12-21/h3-5,9-10,15H,2,6-8,11-12H2,1H3,(H,18,19,20)/t15-/m0/s1. The van der Waals surface area contributed by atoms with Gasteiger partial charge in [0.2, 0.25) is 11.1 Å². The van der Waals surface area contributed by atoms with Crippen LogP contribution < -0.4 is 0 Å². The summed E-state index contributed by atoms with van der Waals surface area (Å²) in [5, 5.41) is 7.60. The number of carbonyl (C=O) groups excluding carboxylic acids is 1. The molecule has 5 nitrogen and oxygen atoms in total. The number of nitrogens with zero attached hydrogens (tertiary/aromatic N) is 3. The summed E-state index contributed by atoms with van der Waals surface area (Å²) < 4.78 is 0. The van der Waals surface area contributed by atoms with Gasteiger partial charge < -0.3 is 4.90 Å².